The van der Waals surface area contributed by atoms with Crippen LogP contribution in [0.2, 0.25) is 0 Å². The van der Waals surface area contributed by atoms with Crippen LogP contribution >= 0.6 is 0 Å². The summed E-state index contributed by atoms with van der Waals surface area (Å²) in [5, 5.41) is 6.33. The van der Waals surface area contributed by atoms with Crippen LogP contribution in [0.15, 0.2) is 24.3 Å². The molecule has 0 aliphatic carbocycles. The van der Waals surface area contributed by atoms with Gasteiger partial charge in [0.2, 0.25) is 5.91 Å². The van der Waals surface area contributed by atoms with Crippen molar-refractivity contribution < 1.29 is 9.18 Å². The Kier molecular flexibility index (Phi) is 5.53. The van der Waals surface area contributed by atoms with Gasteiger partial charge in [0, 0.05) is 12.6 Å². The first-order valence-electron chi connectivity index (χ1n) is 7.50. The van der Waals surface area contributed by atoms with E-state index < -0.39 is 0 Å². The molecule has 1 saturated heterocycles. The van der Waals surface area contributed by atoms with E-state index in [2.05, 4.69) is 17.6 Å². The Hall–Kier alpha value is -1.42. The van der Waals surface area contributed by atoms with Gasteiger partial charge in [-0.1, -0.05) is 31.9 Å². The van der Waals surface area contributed by atoms with E-state index >= 15 is 0 Å². The van der Waals surface area contributed by atoms with Crippen LogP contribution in [0, 0.1) is 5.82 Å². The van der Waals surface area contributed by atoms with E-state index in [0.29, 0.717) is 0 Å². The Morgan fingerprint density at radius 3 is 2.80 bits per heavy atom. The van der Waals surface area contributed by atoms with Crippen molar-refractivity contribution in [3.05, 3.63) is 35.6 Å². The summed E-state index contributed by atoms with van der Waals surface area (Å²) in [6, 6.07) is 6.57. The van der Waals surface area contributed by atoms with Crippen molar-refractivity contribution in [2.45, 2.75) is 51.1 Å². The zero-order chi connectivity index (χ0) is 14.4. The highest BCUT2D eigenvalue weighted by molar-refractivity contribution is 5.82. The van der Waals surface area contributed by atoms with E-state index in [1.54, 1.807) is 0 Å². The van der Waals surface area contributed by atoms with Crippen molar-refractivity contribution in [2.75, 3.05) is 6.54 Å². The summed E-state index contributed by atoms with van der Waals surface area (Å²) in [7, 11) is 0. The lowest BCUT2D eigenvalue weighted by Gasteiger charge is -2.28. The van der Waals surface area contributed by atoms with Crippen LogP contribution in [-0.4, -0.2) is 18.5 Å². The zero-order valence-corrected chi connectivity index (χ0v) is 12.0. The fraction of sp³-hybridized carbons (Fsp3) is 0.562. The van der Waals surface area contributed by atoms with Gasteiger partial charge >= 0.3 is 0 Å². The van der Waals surface area contributed by atoms with E-state index in [-0.39, 0.29) is 23.8 Å². The highest BCUT2D eigenvalue weighted by Crippen LogP contribution is 2.22. The Bertz CT molecular complexity index is 433. The largest absolute Gasteiger partial charge is 0.355 e. The van der Waals surface area contributed by atoms with Crippen molar-refractivity contribution in [3.63, 3.8) is 0 Å². The fourth-order valence-corrected chi connectivity index (χ4v) is 2.62. The maximum absolute atomic E-state index is 13.0. The number of hydrogen-bond acceptors (Lipinski definition) is 2. The monoisotopic (exact) mass is 278 g/mol. The summed E-state index contributed by atoms with van der Waals surface area (Å²) < 4.78 is 13.0. The molecular weight excluding hydrogens is 255 g/mol. The molecule has 2 unspecified atom stereocenters. The van der Waals surface area contributed by atoms with E-state index in [9.17, 15) is 9.18 Å². The molecule has 1 aliphatic rings. The van der Waals surface area contributed by atoms with Gasteiger partial charge < -0.3 is 5.32 Å². The molecule has 2 rings (SSSR count). The molecule has 0 spiro atoms. The number of carbonyl (C=O) groups is 1. The number of rotatable bonds is 6. The minimum atomic E-state index is -0.224. The van der Waals surface area contributed by atoms with Gasteiger partial charge in [-0.3, -0.25) is 10.1 Å². The summed E-state index contributed by atoms with van der Waals surface area (Å²) in [6.45, 7) is 2.92. The molecule has 1 aromatic rings. The van der Waals surface area contributed by atoms with Gasteiger partial charge in [-0.25, -0.2) is 4.39 Å². The minimum absolute atomic E-state index is 0.0832. The van der Waals surface area contributed by atoms with Crippen LogP contribution in [-0.2, 0) is 4.79 Å². The standard InChI is InChI=1S/C16H23FN2O/c1-2-3-5-14(12-7-9-13(17)10-8-12)19-15-6-4-11-18-16(15)20/h7-10,14-15,19H,2-6,11H2,1H3,(H,18,20). The molecule has 1 aromatic carbocycles. The second-order valence-corrected chi connectivity index (χ2v) is 5.40. The maximum atomic E-state index is 13.0. The molecule has 1 amide bonds. The van der Waals surface area contributed by atoms with Gasteiger partial charge in [0.05, 0.1) is 6.04 Å². The highest BCUT2D eigenvalue weighted by Gasteiger charge is 2.25. The molecule has 2 atom stereocenters. The molecule has 3 nitrogen and oxygen atoms in total. The zero-order valence-electron chi connectivity index (χ0n) is 12.0. The first kappa shape index (κ1) is 15.0. The number of hydrogen-bond donors (Lipinski definition) is 2. The third kappa shape index (κ3) is 4.04. The van der Waals surface area contributed by atoms with E-state index in [1.807, 2.05) is 12.1 Å². The average Bonchev–Trinajstić information content (AvgIpc) is 2.46. The Balaban J connectivity index is 2.06. The smallest absolute Gasteiger partial charge is 0.237 e. The molecule has 0 radical (unpaired) electrons. The minimum Gasteiger partial charge on any atom is -0.355 e. The van der Waals surface area contributed by atoms with Crippen LogP contribution in [0.1, 0.15) is 50.6 Å². The topological polar surface area (TPSA) is 41.1 Å². The molecule has 1 heterocycles. The van der Waals surface area contributed by atoms with Crippen LogP contribution in [0.3, 0.4) is 0 Å². The normalized spacial score (nSPS) is 20.5. The number of amides is 1. The molecule has 0 aromatic heterocycles. The molecule has 2 N–H and O–H groups in total. The Morgan fingerprint density at radius 2 is 2.15 bits per heavy atom. The molecule has 0 bridgehead atoms. The molecule has 1 aliphatic heterocycles. The molecule has 4 heteroatoms. The second-order valence-electron chi connectivity index (χ2n) is 5.40. The SMILES string of the molecule is CCCCC(NC1CCCNC1=O)c1ccc(F)cc1. The van der Waals surface area contributed by atoms with Crippen LogP contribution in [0.5, 0.6) is 0 Å². The van der Waals surface area contributed by atoms with Crippen molar-refractivity contribution in [2.24, 2.45) is 0 Å². The Labute approximate surface area is 120 Å². The lowest BCUT2D eigenvalue weighted by Crippen LogP contribution is -2.49. The third-order valence-electron chi connectivity index (χ3n) is 3.81. The molecular formula is C16H23FN2O. The van der Waals surface area contributed by atoms with Gasteiger partial charge in [0.1, 0.15) is 5.82 Å². The number of piperidine rings is 1. The number of nitrogens with one attached hydrogen (secondary N) is 2. The molecule has 20 heavy (non-hydrogen) atoms. The molecule has 0 saturated carbocycles. The molecule has 1 fully saturated rings. The van der Waals surface area contributed by atoms with Crippen LogP contribution in [0.4, 0.5) is 4.39 Å². The lowest BCUT2D eigenvalue weighted by atomic mass is 9.98. The summed E-state index contributed by atoms with van der Waals surface area (Å²) in [5.41, 5.74) is 1.05. The fourth-order valence-electron chi connectivity index (χ4n) is 2.62. The number of benzene rings is 1. The van der Waals surface area contributed by atoms with Gasteiger partial charge in [0.15, 0.2) is 0 Å². The summed E-state index contributed by atoms with van der Waals surface area (Å²) in [6.07, 6.45) is 5.04. The van der Waals surface area contributed by atoms with Crippen LogP contribution in [0.25, 0.3) is 0 Å². The van der Waals surface area contributed by atoms with Gasteiger partial charge in [-0.2, -0.15) is 0 Å². The highest BCUT2D eigenvalue weighted by atomic mass is 19.1. The van der Waals surface area contributed by atoms with Crippen molar-refractivity contribution in [3.8, 4) is 0 Å². The van der Waals surface area contributed by atoms with Crippen molar-refractivity contribution in [1.29, 1.82) is 0 Å². The first-order valence-corrected chi connectivity index (χ1v) is 7.50. The predicted molar refractivity (Wildman–Crippen MR) is 77.8 cm³/mol. The van der Waals surface area contributed by atoms with E-state index in [1.165, 1.54) is 12.1 Å². The third-order valence-corrected chi connectivity index (χ3v) is 3.81. The van der Waals surface area contributed by atoms with Crippen LogP contribution < -0.4 is 10.6 Å². The lowest BCUT2D eigenvalue weighted by molar-refractivity contribution is -0.124. The second kappa shape index (κ2) is 7.39. The van der Waals surface area contributed by atoms with Gasteiger partial charge in [0.25, 0.3) is 0 Å². The van der Waals surface area contributed by atoms with Crippen molar-refractivity contribution >= 4 is 5.91 Å². The Morgan fingerprint density at radius 1 is 1.40 bits per heavy atom. The summed E-state index contributed by atoms with van der Waals surface area (Å²) in [5.74, 6) is -0.140. The number of unbranched alkanes of at least 4 members (excludes halogenated alkanes) is 1. The number of carbonyl (C=O) groups excluding carboxylic acids is 1. The molecule has 110 valence electrons. The average molecular weight is 278 g/mol. The number of halogens is 1. The maximum Gasteiger partial charge on any atom is 0.237 e. The summed E-state index contributed by atoms with van der Waals surface area (Å²) in [4.78, 5) is 11.9. The first-order chi connectivity index (χ1) is 9.70. The van der Waals surface area contributed by atoms with Crippen molar-refractivity contribution in [1.82, 2.24) is 10.6 Å². The van der Waals surface area contributed by atoms with Gasteiger partial charge in [-0.15, -0.1) is 0 Å². The quantitative estimate of drug-likeness (QED) is 0.840. The van der Waals surface area contributed by atoms with E-state index in [0.717, 1.165) is 44.2 Å². The van der Waals surface area contributed by atoms with Gasteiger partial charge in [-0.05, 0) is 37.0 Å². The summed E-state index contributed by atoms with van der Waals surface area (Å²) >= 11 is 0. The predicted octanol–water partition coefficient (Wildman–Crippen LogP) is 2.93. The van der Waals surface area contributed by atoms with E-state index in [4.69, 9.17) is 0 Å².